The van der Waals surface area contributed by atoms with E-state index in [1.807, 2.05) is 25.9 Å². The van der Waals surface area contributed by atoms with Gasteiger partial charge in [-0.3, -0.25) is 14.7 Å². The van der Waals surface area contributed by atoms with Gasteiger partial charge in [-0.25, -0.2) is 9.59 Å². The summed E-state index contributed by atoms with van der Waals surface area (Å²) in [6, 6.07) is 11.2. The lowest BCUT2D eigenvalue weighted by atomic mass is 10.1. The first-order chi connectivity index (χ1) is 14.8. The van der Waals surface area contributed by atoms with Gasteiger partial charge in [-0.05, 0) is 69.9 Å². The van der Waals surface area contributed by atoms with Gasteiger partial charge < -0.3 is 19.7 Å². The van der Waals surface area contributed by atoms with Gasteiger partial charge in [-0.1, -0.05) is 12.1 Å². The van der Waals surface area contributed by atoms with E-state index in [1.54, 1.807) is 42.5 Å². The van der Waals surface area contributed by atoms with Crippen LogP contribution in [0.15, 0.2) is 51.7 Å². The number of hydrogen-bond donors (Lipinski definition) is 3. The molecule has 0 radical (unpaired) electrons. The van der Waals surface area contributed by atoms with Crippen molar-refractivity contribution in [2.24, 2.45) is 0 Å². The maximum absolute atomic E-state index is 12.6. The molecule has 1 unspecified atom stereocenters. The summed E-state index contributed by atoms with van der Waals surface area (Å²) in [7, 11) is 3.95. The number of hydrogen-bond acceptors (Lipinski definition) is 5. The smallest absolute Gasteiger partial charge is 0.420 e. The Morgan fingerprint density at radius 3 is 2.68 bits per heavy atom. The lowest BCUT2D eigenvalue weighted by Crippen LogP contribution is -2.27. The van der Waals surface area contributed by atoms with Crippen molar-refractivity contribution < 1.29 is 19.1 Å². The van der Waals surface area contributed by atoms with Gasteiger partial charge in [0.1, 0.15) is 0 Å². The molecule has 2 aromatic carbocycles. The first-order valence-corrected chi connectivity index (χ1v) is 9.94. The Labute approximate surface area is 179 Å². The molecular formula is C22H26N4O5. The predicted octanol–water partition coefficient (Wildman–Crippen LogP) is 2.98. The number of rotatable bonds is 8. The fraction of sp³-hybridized carbons (Fsp3) is 0.318. The minimum Gasteiger partial charge on any atom is -0.465 e. The third-order valence-electron chi connectivity index (χ3n) is 4.95. The molecule has 9 heteroatoms. The third kappa shape index (κ3) is 5.32. The molecule has 1 heterocycles. The lowest BCUT2D eigenvalue weighted by Gasteiger charge is -2.15. The van der Waals surface area contributed by atoms with Crippen LogP contribution in [0.3, 0.4) is 0 Å². The van der Waals surface area contributed by atoms with Crippen molar-refractivity contribution in [3.05, 3.63) is 64.1 Å². The molecule has 2 amide bonds. The van der Waals surface area contributed by atoms with Crippen molar-refractivity contribution in [3.63, 3.8) is 0 Å². The first kappa shape index (κ1) is 22.1. The highest BCUT2D eigenvalue weighted by Crippen LogP contribution is 2.25. The fourth-order valence-electron chi connectivity index (χ4n) is 3.39. The van der Waals surface area contributed by atoms with E-state index in [9.17, 15) is 14.4 Å². The molecule has 3 aromatic rings. The summed E-state index contributed by atoms with van der Waals surface area (Å²) in [6.07, 6.45) is -0.341. The topological polar surface area (TPSA) is 117 Å². The van der Waals surface area contributed by atoms with Gasteiger partial charge in [-0.15, -0.1) is 0 Å². The molecule has 3 N–H and O–H groups in total. The van der Waals surface area contributed by atoms with Gasteiger partial charge in [0.05, 0.1) is 11.6 Å². The molecule has 0 aliphatic rings. The van der Waals surface area contributed by atoms with Crippen LogP contribution in [0.2, 0.25) is 0 Å². The summed E-state index contributed by atoms with van der Waals surface area (Å²) >= 11 is 0. The number of fused-ring (bicyclic) bond motifs is 1. The number of amides is 2. The molecule has 0 bridgehead atoms. The van der Waals surface area contributed by atoms with Crippen LogP contribution in [0.25, 0.3) is 11.1 Å². The van der Waals surface area contributed by atoms with Crippen molar-refractivity contribution in [1.29, 1.82) is 0 Å². The SMILES string of the molecule is CC(c1cccc(NC(=O)O)c1)n1c(=O)oc2ccc(C(=O)NCCCN(C)C)cc21. The number of carboxylic acid groups (broad SMARTS) is 1. The van der Waals surface area contributed by atoms with E-state index in [1.165, 1.54) is 4.57 Å². The minimum atomic E-state index is -1.17. The number of anilines is 1. The summed E-state index contributed by atoms with van der Waals surface area (Å²) in [4.78, 5) is 38.0. The Bertz CT molecular complexity index is 1150. The zero-order valence-corrected chi connectivity index (χ0v) is 17.7. The summed E-state index contributed by atoms with van der Waals surface area (Å²) in [5.41, 5.74) is 2.42. The van der Waals surface area contributed by atoms with Crippen molar-refractivity contribution >= 4 is 28.8 Å². The molecular weight excluding hydrogens is 400 g/mol. The van der Waals surface area contributed by atoms with Crippen LogP contribution in [0.5, 0.6) is 0 Å². The number of carbonyl (C=O) groups is 2. The van der Waals surface area contributed by atoms with E-state index in [2.05, 4.69) is 10.6 Å². The molecule has 9 nitrogen and oxygen atoms in total. The van der Waals surface area contributed by atoms with Crippen LogP contribution < -0.4 is 16.4 Å². The maximum Gasteiger partial charge on any atom is 0.420 e. The first-order valence-electron chi connectivity index (χ1n) is 9.94. The van der Waals surface area contributed by atoms with Crippen LogP contribution in [0, 0.1) is 0 Å². The molecule has 1 aromatic heterocycles. The highest BCUT2D eigenvalue weighted by atomic mass is 16.4. The highest BCUT2D eigenvalue weighted by Gasteiger charge is 2.19. The van der Waals surface area contributed by atoms with Crippen LogP contribution in [-0.2, 0) is 0 Å². The zero-order valence-electron chi connectivity index (χ0n) is 17.7. The van der Waals surface area contributed by atoms with Crippen LogP contribution in [-0.4, -0.2) is 53.8 Å². The van der Waals surface area contributed by atoms with Crippen LogP contribution >= 0.6 is 0 Å². The van der Waals surface area contributed by atoms with Crippen molar-refractivity contribution in [1.82, 2.24) is 14.8 Å². The van der Waals surface area contributed by atoms with Gasteiger partial charge in [0.25, 0.3) is 5.91 Å². The normalized spacial score (nSPS) is 12.1. The highest BCUT2D eigenvalue weighted by molar-refractivity contribution is 5.97. The molecule has 3 rings (SSSR count). The van der Waals surface area contributed by atoms with Crippen LogP contribution in [0.4, 0.5) is 10.5 Å². The quantitative estimate of drug-likeness (QED) is 0.477. The Morgan fingerprint density at radius 1 is 1.19 bits per heavy atom. The van der Waals surface area contributed by atoms with E-state index in [4.69, 9.17) is 9.52 Å². The van der Waals surface area contributed by atoms with Crippen molar-refractivity contribution in [2.75, 3.05) is 32.5 Å². The molecule has 0 fully saturated rings. The largest absolute Gasteiger partial charge is 0.465 e. The number of nitrogens with zero attached hydrogens (tertiary/aromatic N) is 2. The van der Waals surface area contributed by atoms with Crippen LogP contribution in [0.1, 0.15) is 35.3 Å². The molecule has 0 aliphatic carbocycles. The van der Waals surface area contributed by atoms with E-state index in [-0.39, 0.29) is 5.91 Å². The fourth-order valence-corrected chi connectivity index (χ4v) is 3.39. The average Bonchev–Trinajstić information content (AvgIpc) is 3.04. The molecule has 0 saturated heterocycles. The van der Waals surface area contributed by atoms with Gasteiger partial charge in [-0.2, -0.15) is 0 Å². The van der Waals surface area contributed by atoms with E-state index in [0.29, 0.717) is 28.9 Å². The van der Waals surface area contributed by atoms with Crippen molar-refractivity contribution in [3.8, 4) is 0 Å². The Kier molecular flexibility index (Phi) is 6.76. The van der Waals surface area contributed by atoms with E-state index < -0.39 is 17.9 Å². The monoisotopic (exact) mass is 426 g/mol. The third-order valence-corrected chi connectivity index (χ3v) is 4.95. The number of nitrogens with one attached hydrogen (secondary N) is 2. The second-order valence-electron chi connectivity index (χ2n) is 7.56. The van der Waals surface area contributed by atoms with E-state index in [0.717, 1.165) is 18.5 Å². The predicted molar refractivity (Wildman–Crippen MR) is 118 cm³/mol. The average molecular weight is 426 g/mol. The maximum atomic E-state index is 12.6. The van der Waals surface area contributed by atoms with Gasteiger partial charge >= 0.3 is 11.8 Å². The summed E-state index contributed by atoms with van der Waals surface area (Å²) in [6.45, 7) is 3.23. The minimum absolute atomic E-state index is 0.221. The van der Waals surface area contributed by atoms with Gasteiger partial charge in [0.2, 0.25) is 0 Å². The van der Waals surface area contributed by atoms with Crippen molar-refractivity contribution in [2.45, 2.75) is 19.4 Å². The summed E-state index contributed by atoms with van der Waals surface area (Å²) in [5, 5.41) is 14.1. The Hall–Kier alpha value is -3.59. The Balaban J connectivity index is 1.88. The molecule has 31 heavy (non-hydrogen) atoms. The van der Waals surface area contributed by atoms with Gasteiger partial charge in [0, 0.05) is 17.8 Å². The number of carbonyl (C=O) groups excluding carboxylic acids is 1. The zero-order chi connectivity index (χ0) is 22.5. The second-order valence-corrected chi connectivity index (χ2v) is 7.56. The molecule has 0 aliphatic heterocycles. The van der Waals surface area contributed by atoms with Gasteiger partial charge in [0.15, 0.2) is 5.58 Å². The number of oxazole rings is 1. The standard InChI is InChI=1S/C22H26N4O5/c1-14(15-6-4-7-17(12-15)24-21(28)29)26-18-13-16(8-9-19(18)31-22(26)30)20(27)23-10-5-11-25(2)3/h4,6-9,12-14,24H,5,10-11H2,1-3H3,(H,23,27)(H,28,29). The molecule has 1 atom stereocenters. The second kappa shape index (κ2) is 9.48. The number of benzene rings is 2. The lowest BCUT2D eigenvalue weighted by molar-refractivity contribution is 0.0952. The molecule has 0 saturated carbocycles. The summed E-state index contributed by atoms with van der Waals surface area (Å²) < 4.78 is 6.81. The Morgan fingerprint density at radius 2 is 1.97 bits per heavy atom. The van der Waals surface area contributed by atoms with E-state index >= 15 is 0 Å². The molecule has 164 valence electrons. The summed E-state index contributed by atoms with van der Waals surface area (Å²) in [5.74, 6) is -0.774. The number of aromatic nitrogens is 1. The molecule has 0 spiro atoms.